The van der Waals surface area contributed by atoms with E-state index >= 15 is 0 Å². The normalized spacial score (nSPS) is 20.3. The molecule has 1 aromatic heterocycles. The fourth-order valence-electron chi connectivity index (χ4n) is 2.61. The summed E-state index contributed by atoms with van der Waals surface area (Å²) in [5.74, 6) is 0.305. The summed E-state index contributed by atoms with van der Waals surface area (Å²) in [7, 11) is -3.04. The summed E-state index contributed by atoms with van der Waals surface area (Å²) in [6.07, 6.45) is 2.02. The standard InChI is InChI=1S/C15H24N4O3S/c1-5-19(11-7-9-23(21,22)10-11)13(20)12-6-8-16-14(17-12)18-15(2,3)4/h6,8,11H,5,7,9-10H2,1-4H3,(H,16,17,18). The molecule has 1 atom stereocenters. The molecular formula is C15H24N4O3S. The molecule has 1 aliphatic rings. The predicted molar refractivity (Wildman–Crippen MR) is 89.2 cm³/mol. The zero-order valence-electron chi connectivity index (χ0n) is 14.0. The summed E-state index contributed by atoms with van der Waals surface area (Å²) in [5.41, 5.74) is 0.0592. The molecule has 1 unspecified atom stereocenters. The fourth-order valence-corrected chi connectivity index (χ4v) is 4.34. The molecule has 0 aliphatic carbocycles. The highest BCUT2D eigenvalue weighted by atomic mass is 32.2. The Labute approximate surface area is 137 Å². The zero-order valence-corrected chi connectivity index (χ0v) is 14.9. The first-order chi connectivity index (χ1) is 10.6. The van der Waals surface area contributed by atoms with Crippen molar-refractivity contribution in [1.29, 1.82) is 0 Å². The van der Waals surface area contributed by atoms with Gasteiger partial charge in [-0.15, -0.1) is 0 Å². The van der Waals surface area contributed by atoms with E-state index in [1.165, 1.54) is 6.20 Å². The van der Waals surface area contributed by atoms with Gasteiger partial charge in [-0.05, 0) is 40.2 Å². The maximum Gasteiger partial charge on any atom is 0.272 e. The second-order valence-corrected chi connectivity index (χ2v) is 9.02. The van der Waals surface area contributed by atoms with Gasteiger partial charge in [-0.1, -0.05) is 0 Å². The number of carbonyl (C=O) groups is 1. The highest BCUT2D eigenvalue weighted by Crippen LogP contribution is 2.20. The lowest BCUT2D eigenvalue weighted by atomic mass is 10.1. The van der Waals surface area contributed by atoms with Gasteiger partial charge in [-0.3, -0.25) is 4.79 Å². The molecule has 8 heteroatoms. The topological polar surface area (TPSA) is 92.3 Å². The average Bonchev–Trinajstić information content (AvgIpc) is 2.78. The van der Waals surface area contributed by atoms with Crippen molar-refractivity contribution >= 4 is 21.7 Å². The lowest BCUT2D eigenvalue weighted by Gasteiger charge is -2.27. The van der Waals surface area contributed by atoms with E-state index in [1.54, 1.807) is 11.0 Å². The highest BCUT2D eigenvalue weighted by Gasteiger charge is 2.34. The molecule has 0 saturated carbocycles. The molecule has 1 fully saturated rings. The van der Waals surface area contributed by atoms with Gasteiger partial charge in [0.25, 0.3) is 5.91 Å². The smallest absolute Gasteiger partial charge is 0.272 e. The molecule has 2 heterocycles. The SMILES string of the molecule is CCN(C(=O)c1ccnc(NC(C)(C)C)n1)C1CCS(=O)(=O)C1. The van der Waals surface area contributed by atoms with Gasteiger partial charge >= 0.3 is 0 Å². The van der Waals surface area contributed by atoms with Crippen molar-refractivity contribution < 1.29 is 13.2 Å². The van der Waals surface area contributed by atoms with Crippen molar-refractivity contribution in [3.05, 3.63) is 18.0 Å². The van der Waals surface area contributed by atoms with E-state index in [4.69, 9.17) is 0 Å². The van der Waals surface area contributed by atoms with Crippen LogP contribution in [0.25, 0.3) is 0 Å². The van der Waals surface area contributed by atoms with E-state index in [1.807, 2.05) is 27.7 Å². The van der Waals surface area contributed by atoms with Crippen molar-refractivity contribution in [2.75, 3.05) is 23.4 Å². The number of anilines is 1. The molecule has 0 radical (unpaired) electrons. The summed E-state index contributed by atoms with van der Waals surface area (Å²) in [6.45, 7) is 8.23. The second kappa shape index (κ2) is 6.43. The van der Waals surface area contributed by atoms with Crippen LogP contribution in [0, 0.1) is 0 Å². The number of hydrogen-bond donors (Lipinski definition) is 1. The molecule has 1 saturated heterocycles. The Morgan fingerprint density at radius 2 is 2.13 bits per heavy atom. The number of amides is 1. The Hall–Kier alpha value is -1.70. The third-order valence-corrected chi connectivity index (χ3v) is 5.36. The zero-order chi connectivity index (χ0) is 17.3. The first-order valence-corrected chi connectivity index (χ1v) is 9.56. The molecule has 128 valence electrons. The molecule has 23 heavy (non-hydrogen) atoms. The van der Waals surface area contributed by atoms with Crippen LogP contribution in [-0.2, 0) is 9.84 Å². The van der Waals surface area contributed by atoms with Gasteiger partial charge in [0.2, 0.25) is 5.95 Å². The van der Waals surface area contributed by atoms with Gasteiger partial charge in [0, 0.05) is 24.3 Å². The maximum atomic E-state index is 12.7. The van der Waals surface area contributed by atoms with E-state index in [2.05, 4.69) is 15.3 Å². The number of nitrogens with one attached hydrogen (secondary N) is 1. The van der Waals surface area contributed by atoms with Crippen molar-refractivity contribution in [3.8, 4) is 0 Å². The Balaban J connectivity index is 2.20. The number of aromatic nitrogens is 2. The highest BCUT2D eigenvalue weighted by molar-refractivity contribution is 7.91. The van der Waals surface area contributed by atoms with Crippen LogP contribution in [0.15, 0.2) is 12.3 Å². The molecule has 1 aliphatic heterocycles. The number of sulfone groups is 1. The van der Waals surface area contributed by atoms with E-state index < -0.39 is 9.84 Å². The largest absolute Gasteiger partial charge is 0.350 e. The van der Waals surface area contributed by atoms with Gasteiger partial charge in [0.05, 0.1) is 11.5 Å². The minimum atomic E-state index is -3.04. The molecule has 1 aromatic rings. The van der Waals surface area contributed by atoms with E-state index in [9.17, 15) is 13.2 Å². The Kier molecular flexibility index (Phi) is 4.93. The quantitative estimate of drug-likeness (QED) is 0.889. The van der Waals surface area contributed by atoms with Gasteiger partial charge in [-0.2, -0.15) is 0 Å². The molecular weight excluding hydrogens is 316 g/mol. The van der Waals surface area contributed by atoms with Crippen LogP contribution in [0.1, 0.15) is 44.6 Å². The number of hydrogen-bond acceptors (Lipinski definition) is 6. The van der Waals surface area contributed by atoms with Crippen molar-refractivity contribution in [1.82, 2.24) is 14.9 Å². The second-order valence-electron chi connectivity index (χ2n) is 6.79. The van der Waals surface area contributed by atoms with E-state index in [0.29, 0.717) is 18.9 Å². The lowest BCUT2D eigenvalue weighted by molar-refractivity contribution is 0.0702. The molecule has 2 rings (SSSR count). The molecule has 7 nitrogen and oxygen atoms in total. The summed E-state index contributed by atoms with van der Waals surface area (Å²) >= 11 is 0. The molecule has 0 aromatic carbocycles. The fraction of sp³-hybridized carbons (Fsp3) is 0.667. The summed E-state index contributed by atoms with van der Waals surface area (Å²) in [6, 6.07) is 1.29. The van der Waals surface area contributed by atoms with Crippen LogP contribution < -0.4 is 5.32 Å². The number of rotatable bonds is 4. The van der Waals surface area contributed by atoms with Crippen LogP contribution in [0.4, 0.5) is 5.95 Å². The van der Waals surface area contributed by atoms with E-state index in [-0.39, 0.29) is 34.7 Å². The number of carbonyl (C=O) groups excluding carboxylic acids is 1. The monoisotopic (exact) mass is 340 g/mol. The van der Waals surface area contributed by atoms with Crippen molar-refractivity contribution in [2.24, 2.45) is 0 Å². The van der Waals surface area contributed by atoms with Crippen LogP contribution in [0.2, 0.25) is 0 Å². The third-order valence-electron chi connectivity index (χ3n) is 3.61. The van der Waals surface area contributed by atoms with E-state index in [0.717, 1.165) is 0 Å². The summed E-state index contributed by atoms with van der Waals surface area (Å²) < 4.78 is 23.3. The first kappa shape index (κ1) is 17.7. The molecule has 0 spiro atoms. The Bertz CT molecular complexity index is 682. The Morgan fingerprint density at radius 1 is 1.43 bits per heavy atom. The summed E-state index contributed by atoms with van der Waals surface area (Å²) in [5, 5.41) is 3.13. The lowest BCUT2D eigenvalue weighted by Crippen LogP contribution is -2.41. The van der Waals surface area contributed by atoms with Crippen LogP contribution >= 0.6 is 0 Å². The minimum absolute atomic E-state index is 0.0325. The predicted octanol–water partition coefficient (Wildman–Crippen LogP) is 1.34. The van der Waals surface area contributed by atoms with Crippen LogP contribution in [0.5, 0.6) is 0 Å². The maximum absolute atomic E-state index is 12.7. The van der Waals surface area contributed by atoms with Gasteiger partial charge in [0.1, 0.15) is 5.69 Å². The number of nitrogens with zero attached hydrogens (tertiary/aromatic N) is 3. The van der Waals surface area contributed by atoms with Crippen molar-refractivity contribution in [2.45, 2.75) is 45.7 Å². The molecule has 1 amide bonds. The van der Waals surface area contributed by atoms with Crippen molar-refractivity contribution in [3.63, 3.8) is 0 Å². The molecule has 1 N–H and O–H groups in total. The third kappa shape index (κ3) is 4.63. The average molecular weight is 340 g/mol. The Morgan fingerprint density at radius 3 is 2.65 bits per heavy atom. The van der Waals surface area contributed by atoms with Gasteiger partial charge < -0.3 is 10.2 Å². The first-order valence-electron chi connectivity index (χ1n) is 7.74. The minimum Gasteiger partial charge on any atom is -0.350 e. The van der Waals surface area contributed by atoms with Crippen LogP contribution in [-0.4, -0.2) is 58.8 Å². The van der Waals surface area contributed by atoms with Gasteiger partial charge in [-0.25, -0.2) is 18.4 Å². The molecule has 0 bridgehead atoms. The summed E-state index contributed by atoms with van der Waals surface area (Å²) in [4.78, 5) is 22.7. The van der Waals surface area contributed by atoms with Crippen LogP contribution in [0.3, 0.4) is 0 Å². The van der Waals surface area contributed by atoms with Gasteiger partial charge in [0.15, 0.2) is 9.84 Å².